The van der Waals surface area contributed by atoms with Crippen LogP contribution in [0.15, 0.2) is 76.6 Å². The van der Waals surface area contributed by atoms with Crippen molar-refractivity contribution < 1.29 is 19.1 Å². The fourth-order valence-corrected chi connectivity index (χ4v) is 4.52. The normalized spacial score (nSPS) is 20.0. The highest BCUT2D eigenvalue weighted by atomic mass is 32.2. The second kappa shape index (κ2) is 10.6. The number of ether oxygens (including phenoxy) is 3. The number of non-ortho nitro benzene ring substituents is 1. The van der Waals surface area contributed by atoms with Crippen molar-refractivity contribution in [2.24, 2.45) is 0 Å². The van der Waals surface area contributed by atoms with Crippen molar-refractivity contribution in [1.82, 2.24) is 9.55 Å². The largest absolute Gasteiger partial charge is 0.481 e. The van der Waals surface area contributed by atoms with Gasteiger partial charge in [0.1, 0.15) is 6.23 Å². The molecule has 0 bridgehead atoms. The second-order valence-corrected chi connectivity index (χ2v) is 8.52. The molecular formula is C23H23N3O6S. The number of nitrogens with zero attached hydrogens (tertiary/aromatic N) is 3. The highest BCUT2D eigenvalue weighted by molar-refractivity contribution is 7.99. The molecule has 0 amide bonds. The van der Waals surface area contributed by atoms with Crippen LogP contribution in [0, 0.1) is 10.1 Å². The molecule has 1 saturated heterocycles. The molecule has 1 aliphatic heterocycles. The summed E-state index contributed by atoms with van der Waals surface area (Å²) in [5.41, 5.74) is 0.641. The molecule has 0 saturated carbocycles. The zero-order chi connectivity index (χ0) is 23.2. The van der Waals surface area contributed by atoms with Gasteiger partial charge in [0.2, 0.25) is 5.88 Å². The smallest absolute Gasteiger partial charge is 0.352 e. The van der Waals surface area contributed by atoms with Gasteiger partial charge in [-0.1, -0.05) is 30.3 Å². The van der Waals surface area contributed by atoms with E-state index in [0.29, 0.717) is 18.8 Å². The molecule has 4 rings (SSSR count). The maximum atomic E-state index is 12.4. The molecule has 2 aromatic carbocycles. The van der Waals surface area contributed by atoms with E-state index in [1.54, 1.807) is 24.4 Å². The summed E-state index contributed by atoms with van der Waals surface area (Å²) in [4.78, 5) is 27.7. The molecule has 0 spiro atoms. The van der Waals surface area contributed by atoms with E-state index in [9.17, 15) is 14.9 Å². The highest BCUT2D eigenvalue weighted by Gasteiger charge is 2.37. The van der Waals surface area contributed by atoms with Crippen LogP contribution in [0.3, 0.4) is 0 Å². The third kappa shape index (κ3) is 5.78. The average Bonchev–Trinajstić information content (AvgIpc) is 3.24. The van der Waals surface area contributed by atoms with E-state index < -0.39 is 16.8 Å². The monoisotopic (exact) mass is 469 g/mol. The van der Waals surface area contributed by atoms with Crippen molar-refractivity contribution in [1.29, 1.82) is 0 Å². The molecule has 3 aromatic rings. The maximum Gasteiger partial charge on any atom is 0.352 e. The number of nitro groups is 1. The van der Waals surface area contributed by atoms with Crippen molar-refractivity contribution >= 4 is 17.4 Å². The van der Waals surface area contributed by atoms with Gasteiger partial charge in [0, 0.05) is 41.5 Å². The van der Waals surface area contributed by atoms with E-state index in [0.717, 1.165) is 10.5 Å². The topological polar surface area (TPSA) is 106 Å². The number of rotatable bonds is 9. The third-order valence-electron chi connectivity index (χ3n) is 5.27. The molecule has 33 heavy (non-hydrogen) atoms. The predicted octanol–water partition coefficient (Wildman–Crippen LogP) is 3.83. The Hall–Kier alpha value is -3.21. The maximum absolute atomic E-state index is 12.4. The fourth-order valence-electron chi connectivity index (χ4n) is 3.55. The molecule has 0 unspecified atom stereocenters. The first-order chi connectivity index (χ1) is 16.0. The quantitative estimate of drug-likeness (QED) is 0.265. The molecule has 10 heteroatoms. The van der Waals surface area contributed by atoms with Gasteiger partial charge >= 0.3 is 5.69 Å². The van der Waals surface area contributed by atoms with Crippen LogP contribution in [0.4, 0.5) is 5.69 Å². The lowest BCUT2D eigenvalue weighted by Gasteiger charge is -2.19. The molecule has 0 N–H and O–H groups in total. The average molecular weight is 470 g/mol. The molecule has 1 aromatic heterocycles. The summed E-state index contributed by atoms with van der Waals surface area (Å²) in [5, 5.41) is 10.9. The fraction of sp³-hybridized carbons (Fsp3) is 0.304. The van der Waals surface area contributed by atoms with E-state index >= 15 is 0 Å². The molecule has 0 radical (unpaired) electrons. The molecular weight excluding hydrogens is 446 g/mol. The van der Waals surface area contributed by atoms with Crippen LogP contribution >= 0.6 is 11.8 Å². The van der Waals surface area contributed by atoms with Crippen LogP contribution in [-0.4, -0.2) is 39.5 Å². The van der Waals surface area contributed by atoms with Gasteiger partial charge in [0.15, 0.2) is 0 Å². The van der Waals surface area contributed by atoms with E-state index in [1.807, 2.05) is 30.3 Å². The molecule has 1 aliphatic rings. The number of methoxy groups -OCH3 is 1. The van der Waals surface area contributed by atoms with Gasteiger partial charge in [-0.25, -0.2) is 4.79 Å². The van der Waals surface area contributed by atoms with Gasteiger partial charge in [-0.3, -0.25) is 14.7 Å². The molecule has 172 valence electrons. The Bertz CT molecular complexity index is 1140. The number of nitro benzene ring substituents is 1. The molecule has 9 nitrogen and oxygen atoms in total. The van der Waals surface area contributed by atoms with Gasteiger partial charge in [0.25, 0.3) is 5.69 Å². The number of benzene rings is 2. The van der Waals surface area contributed by atoms with Crippen LogP contribution in [0.25, 0.3) is 0 Å². The highest BCUT2D eigenvalue weighted by Crippen LogP contribution is 2.34. The van der Waals surface area contributed by atoms with E-state index in [2.05, 4.69) is 4.98 Å². The van der Waals surface area contributed by atoms with E-state index in [-0.39, 0.29) is 23.8 Å². The van der Waals surface area contributed by atoms with Crippen LogP contribution in [0.2, 0.25) is 0 Å². The summed E-state index contributed by atoms with van der Waals surface area (Å²) in [6.07, 6.45) is 1.06. The standard InChI is InChI=1S/C23H23N3O6S/c1-30-21-11-12-25(23(27)24-21)22-13-19(31-14-16-5-3-2-4-6-16)20(32-22)15-33-18-9-7-17(8-10-18)26(28)29/h2-12,19-20,22H,13-15H2,1H3/t19-,20+,22+/m0/s1. The van der Waals surface area contributed by atoms with Crippen LogP contribution in [-0.2, 0) is 16.1 Å². The number of thioether (sulfide) groups is 1. The first kappa shape index (κ1) is 23.0. The minimum Gasteiger partial charge on any atom is -0.481 e. The van der Waals surface area contributed by atoms with Gasteiger partial charge in [-0.15, -0.1) is 11.8 Å². The Morgan fingerprint density at radius 3 is 2.61 bits per heavy atom. The number of hydrogen-bond donors (Lipinski definition) is 0. The molecule has 3 atom stereocenters. The summed E-state index contributed by atoms with van der Waals surface area (Å²) in [6, 6.07) is 17.8. The Morgan fingerprint density at radius 1 is 1.18 bits per heavy atom. The Labute approximate surface area is 194 Å². The van der Waals surface area contributed by atoms with Crippen molar-refractivity contribution in [3.05, 3.63) is 93.0 Å². The van der Waals surface area contributed by atoms with Gasteiger partial charge in [-0.2, -0.15) is 4.98 Å². The summed E-state index contributed by atoms with van der Waals surface area (Å²) in [7, 11) is 1.46. The Morgan fingerprint density at radius 2 is 1.94 bits per heavy atom. The minimum atomic E-state index is -0.515. The SMILES string of the molecule is COc1ccn([C@H]2C[C@H](OCc3ccccc3)[C@@H](CSc3ccc([N+](=O)[O-])cc3)O2)c(=O)n1. The van der Waals surface area contributed by atoms with Crippen LogP contribution < -0.4 is 10.4 Å². The number of aromatic nitrogens is 2. The zero-order valence-electron chi connectivity index (χ0n) is 17.9. The van der Waals surface area contributed by atoms with E-state index in [4.69, 9.17) is 14.2 Å². The molecule has 0 aliphatic carbocycles. The van der Waals surface area contributed by atoms with Crippen LogP contribution in [0.5, 0.6) is 5.88 Å². The third-order valence-corrected chi connectivity index (χ3v) is 6.37. The van der Waals surface area contributed by atoms with Crippen molar-refractivity contribution in [2.75, 3.05) is 12.9 Å². The van der Waals surface area contributed by atoms with Crippen molar-refractivity contribution in [3.8, 4) is 5.88 Å². The van der Waals surface area contributed by atoms with Crippen molar-refractivity contribution in [2.45, 2.75) is 36.4 Å². The Balaban J connectivity index is 1.47. The minimum absolute atomic E-state index is 0.0481. The number of hydrogen-bond acceptors (Lipinski definition) is 8. The molecule has 1 fully saturated rings. The first-order valence-electron chi connectivity index (χ1n) is 10.3. The predicted molar refractivity (Wildman–Crippen MR) is 122 cm³/mol. The summed E-state index contributed by atoms with van der Waals surface area (Å²) >= 11 is 1.52. The zero-order valence-corrected chi connectivity index (χ0v) is 18.7. The summed E-state index contributed by atoms with van der Waals surface area (Å²) in [6.45, 7) is 0.427. The van der Waals surface area contributed by atoms with Gasteiger partial charge < -0.3 is 14.2 Å². The van der Waals surface area contributed by atoms with Gasteiger partial charge in [-0.05, 0) is 17.7 Å². The van der Waals surface area contributed by atoms with Crippen molar-refractivity contribution in [3.63, 3.8) is 0 Å². The van der Waals surface area contributed by atoms with Gasteiger partial charge in [0.05, 0.1) is 30.8 Å². The summed E-state index contributed by atoms with van der Waals surface area (Å²) < 4.78 is 18.9. The lowest BCUT2D eigenvalue weighted by molar-refractivity contribution is -0.384. The lowest BCUT2D eigenvalue weighted by Crippen LogP contribution is -2.27. The van der Waals surface area contributed by atoms with Crippen LogP contribution in [0.1, 0.15) is 18.2 Å². The molecule has 2 heterocycles. The lowest BCUT2D eigenvalue weighted by atomic mass is 10.2. The van der Waals surface area contributed by atoms with E-state index in [1.165, 1.54) is 35.6 Å². The Kier molecular flexibility index (Phi) is 7.38. The summed E-state index contributed by atoms with van der Waals surface area (Å²) in [5.74, 6) is 0.808. The second-order valence-electron chi connectivity index (χ2n) is 7.42. The first-order valence-corrected chi connectivity index (χ1v) is 11.3.